The number of carbonyl (C=O) groups excluding carboxylic acids is 1. The number of carbonyl (C=O) groups is 1. The van der Waals surface area contributed by atoms with Gasteiger partial charge in [-0.05, 0) is 52.9 Å². The molecule has 1 aromatic carbocycles. The van der Waals surface area contributed by atoms with Crippen molar-refractivity contribution in [2.24, 2.45) is 5.92 Å². The molecule has 0 aromatic heterocycles. The number of aliphatic hydroxyl groups is 1. The van der Waals surface area contributed by atoms with E-state index in [9.17, 15) is 9.90 Å². The molecule has 5 heteroatoms. The van der Waals surface area contributed by atoms with Crippen LogP contribution in [0.25, 0.3) is 0 Å². The first-order valence-electron chi connectivity index (χ1n) is 7.37. The first kappa shape index (κ1) is 16.3. The summed E-state index contributed by atoms with van der Waals surface area (Å²) in [5, 5.41) is 12.6. The molecule has 0 saturated heterocycles. The zero-order chi connectivity index (χ0) is 15.2. The molecule has 1 amide bonds. The van der Waals surface area contributed by atoms with Crippen molar-refractivity contribution in [1.29, 1.82) is 0 Å². The molecule has 1 aliphatic carbocycles. The highest BCUT2D eigenvalue weighted by Gasteiger charge is 2.25. The third-order valence-electron chi connectivity index (χ3n) is 4.04. The van der Waals surface area contributed by atoms with Crippen LogP contribution in [-0.4, -0.2) is 30.8 Å². The third-order valence-corrected chi connectivity index (χ3v) is 4.66. The quantitative estimate of drug-likeness (QED) is 0.824. The standard InChI is InChI=1S/C16H22BrNO3/c1-21-15-7-5-11(9-13(15)17)6-8-16(20)18-10-12-3-2-4-14(12)19/h5,7,9,12,14,19H,2-4,6,8,10H2,1H3,(H,18,20). The summed E-state index contributed by atoms with van der Waals surface area (Å²) < 4.78 is 6.08. The Labute approximate surface area is 134 Å². The lowest BCUT2D eigenvalue weighted by Gasteiger charge is -2.15. The summed E-state index contributed by atoms with van der Waals surface area (Å²) >= 11 is 3.44. The minimum Gasteiger partial charge on any atom is -0.496 e. The first-order chi connectivity index (χ1) is 10.1. The Bertz CT molecular complexity index is 492. The molecule has 4 nitrogen and oxygen atoms in total. The predicted octanol–water partition coefficient (Wildman–Crippen LogP) is 2.67. The fourth-order valence-corrected chi connectivity index (χ4v) is 3.30. The molecule has 1 fully saturated rings. The van der Waals surface area contributed by atoms with Crippen LogP contribution in [0.15, 0.2) is 22.7 Å². The molecule has 1 saturated carbocycles. The molecule has 21 heavy (non-hydrogen) atoms. The van der Waals surface area contributed by atoms with Gasteiger partial charge in [0.05, 0.1) is 17.7 Å². The molecule has 0 spiro atoms. The lowest BCUT2D eigenvalue weighted by molar-refractivity contribution is -0.121. The van der Waals surface area contributed by atoms with Crippen molar-refractivity contribution < 1.29 is 14.6 Å². The van der Waals surface area contributed by atoms with E-state index >= 15 is 0 Å². The van der Waals surface area contributed by atoms with Crippen LogP contribution >= 0.6 is 15.9 Å². The molecule has 2 unspecified atom stereocenters. The van der Waals surface area contributed by atoms with Gasteiger partial charge in [-0.1, -0.05) is 12.5 Å². The SMILES string of the molecule is COc1ccc(CCC(=O)NCC2CCCC2O)cc1Br. The number of ether oxygens (including phenoxy) is 1. The number of aryl methyl sites for hydroxylation is 1. The second kappa shape index (κ2) is 7.80. The van der Waals surface area contributed by atoms with Crippen LogP contribution in [0.4, 0.5) is 0 Å². The average molecular weight is 356 g/mol. The number of aliphatic hydroxyl groups excluding tert-OH is 1. The number of amides is 1. The van der Waals surface area contributed by atoms with Crippen LogP contribution in [0.5, 0.6) is 5.75 Å². The van der Waals surface area contributed by atoms with E-state index in [1.807, 2.05) is 18.2 Å². The lowest BCUT2D eigenvalue weighted by atomic mass is 10.1. The number of hydrogen-bond donors (Lipinski definition) is 2. The lowest BCUT2D eigenvalue weighted by Crippen LogP contribution is -2.32. The van der Waals surface area contributed by atoms with Gasteiger partial charge in [0.1, 0.15) is 5.75 Å². The minimum absolute atomic E-state index is 0.0426. The zero-order valence-corrected chi connectivity index (χ0v) is 13.9. The van der Waals surface area contributed by atoms with E-state index in [0.29, 0.717) is 19.4 Å². The summed E-state index contributed by atoms with van der Waals surface area (Å²) in [5.41, 5.74) is 1.10. The van der Waals surface area contributed by atoms with Gasteiger partial charge in [-0.3, -0.25) is 4.79 Å². The maximum atomic E-state index is 11.9. The predicted molar refractivity (Wildman–Crippen MR) is 85.4 cm³/mol. The Hall–Kier alpha value is -1.07. The summed E-state index contributed by atoms with van der Waals surface area (Å²) in [6.45, 7) is 0.590. The molecule has 1 aromatic rings. The molecule has 0 aliphatic heterocycles. The number of methoxy groups -OCH3 is 1. The van der Waals surface area contributed by atoms with Crippen LogP contribution in [0, 0.1) is 5.92 Å². The van der Waals surface area contributed by atoms with Gasteiger partial charge < -0.3 is 15.2 Å². The Morgan fingerprint density at radius 2 is 2.29 bits per heavy atom. The van der Waals surface area contributed by atoms with Gasteiger partial charge in [0.15, 0.2) is 0 Å². The first-order valence-corrected chi connectivity index (χ1v) is 8.16. The highest BCUT2D eigenvalue weighted by atomic mass is 79.9. The molecule has 2 N–H and O–H groups in total. The van der Waals surface area contributed by atoms with Gasteiger partial charge in [0.2, 0.25) is 5.91 Å². The van der Waals surface area contributed by atoms with E-state index in [1.54, 1.807) is 7.11 Å². The van der Waals surface area contributed by atoms with Crippen molar-refractivity contribution >= 4 is 21.8 Å². The fourth-order valence-electron chi connectivity index (χ4n) is 2.71. The van der Waals surface area contributed by atoms with Crippen molar-refractivity contribution in [3.63, 3.8) is 0 Å². The number of hydrogen-bond acceptors (Lipinski definition) is 3. The summed E-state index contributed by atoms with van der Waals surface area (Å²) in [4.78, 5) is 11.9. The van der Waals surface area contributed by atoms with E-state index in [2.05, 4.69) is 21.2 Å². The van der Waals surface area contributed by atoms with Crippen LogP contribution in [0.2, 0.25) is 0 Å². The third kappa shape index (κ3) is 4.71. The van der Waals surface area contributed by atoms with Crippen molar-refractivity contribution in [1.82, 2.24) is 5.32 Å². The number of rotatable bonds is 6. The second-order valence-electron chi connectivity index (χ2n) is 5.53. The maximum absolute atomic E-state index is 11.9. The van der Waals surface area contributed by atoms with Gasteiger partial charge in [0.25, 0.3) is 0 Å². The average Bonchev–Trinajstić information content (AvgIpc) is 2.88. The Morgan fingerprint density at radius 1 is 1.48 bits per heavy atom. The molecule has 1 aliphatic rings. The van der Waals surface area contributed by atoms with E-state index in [0.717, 1.165) is 35.0 Å². The number of benzene rings is 1. The van der Waals surface area contributed by atoms with Crippen LogP contribution in [0.1, 0.15) is 31.2 Å². The van der Waals surface area contributed by atoms with Gasteiger partial charge in [-0.25, -0.2) is 0 Å². The van der Waals surface area contributed by atoms with Crippen molar-refractivity contribution in [2.45, 2.75) is 38.2 Å². The van der Waals surface area contributed by atoms with Gasteiger partial charge in [-0.15, -0.1) is 0 Å². The monoisotopic (exact) mass is 355 g/mol. The van der Waals surface area contributed by atoms with E-state index in [4.69, 9.17) is 4.74 Å². The molecule has 2 rings (SSSR count). The van der Waals surface area contributed by atoms with Crippen LogP contribution in [0.3, 0.4) is 0 Å². The number of nitrogens with one attached hydrogen (secondary N) is 1. The van der Waals surface area contributed by atoms with Gasteiger partial charge in [0, 0.05) is 18.9 Å². The highest BCUT2D eigenvalue weighted by Crippen LogP contribution is 2.26. The second-order valence-corrected chi connectivity index (χ2v) is 6.39. The van der Waals surface area contributed by atoms with E-state index < -0.39 is 0 Å². The summed E-state index contributed by atoms with van der Waals surface area (Å²) in [7, 11) is 1.63. The van der Waals surface area contributed by atoms with Crippen molar-refractivity contribution in [3.05, 3.63) is 28.2 Å². The van der Waals surface area contributed by atoms with Crippen LogP contribution < -0.4 is 10.1 Å². The van der Waals surface area contributed by atoms with E-state index in [-0.39, 0.29) is 17.9 Å². The highest BCUT2D eigenvalue weighted by molar-refractivity contribution is 9.10. The number of halogens is 1. The summed E-state index contributed by atoms with van der Waals surface area (Å²) in [5.74, 6) is 1.06. The van der Waals surface area contributed by atoms with Gasteiger partial charge in [-0.2, -0.15) is 0 Å². The van der Waals surface area contributed by atoms with Crippen molar-refractivity contribution in [2.75, 3.05) is 13.7 Å². The van der Waals surface area contributed by atoms with Crippen LogP contribution in [-0.2, 0) is 11.2 Å². The summed E-state index contributed by atoms with van der Waals surface area (Å²) in [6.07, 6.45) is 3.83. The zero-order valence-electron chi connectivity index (χ0n) is 12.3. The maximum Gasteiger partial charge on any atom is 0.220 e. The molecule has 116 valence electrons. The Balaban J connectivity index is 1.74. The minimum atomic E-state index is -0.247. The topological polar surface area (TPSA) is 58.6 Å². The smallest absolute Gasteiger partial charge is 0.220 e. The van der Waals surface area contributed by atoms with Gasteiger partial charge >= 0.3 is 0 Å². The molecule has 0 radical (unpaired) electrons. The molecular formula is C16H22BrNO3. The molecule has 0 bridgehead atoms. The largest absolute Gasteiger partial charge is 0.496 e. The fraction of sp³-hybridized carbons (Fsp3) is 0.562. The molecule has 0 heterocycles. The Kier molecular flexibility index (Phi) is 6.06. The summed E-state index contributed by atoms with van der Waals surface area (Å²) in [6, 6.07) is 5.84. The van der Waals surface area contributed by atoms with Crippen molar-refractivity contribution in [3.8, 4) is 5.75 Å². The Morgan fingerprint density at radius 3 is 2.90 bits per heavy atom. The van der Waals surface area contributed by atoms with E-state index in [1.165, 1.54) is 0 Å². The normalized spacial score (nSPS) is 21.3. The molecular weight excluding hydrogens is 334 g/mol. The molecule has 2 atom stereocenters.